The third-order valence-electron chi connectivity index (χ3n) is 2.57. The van der Waals surface area contributed by atoms with Crippen LogP contribution in [0.3, 0.4) is 0 Å². The minimum atomic E-state index is -0.972. The number of carbonyl (C=O) groups is 1. The Morgan fingerprint density at radius 3 is 2.84 bits per heavy atom. The zero-order chi connectivity index (χ0) is 13.6. The Hall–Kier alpha value is -1.73. The van der Waals surface area contributed by atoms with E-state index in [1.165, 1.54) is 18.3 Å². The highest BCUT2D eigenvalue weighted by molar-refractivity contribution is 9.10. The maximum atomic E-state index is 13.0. The number of nitrogens with zero attached hydrogens (tertiary/aromatic N) is 2. The van der Waals surface area contributed by atoms with Crippen molar-refractivity contribution in [2.24, 2.45) is 0 Å². The van der Waals surface area contributed by atoms with Crippen LogP contribution < -0.4 is 0 Å². The van der Waals surface area contributed by atoms with E-state index in [-0.39, 0.29) is 10.7 Å². The molecule has 0 aliphatic rings. The van der Waals surface area contributed by atoms with Crippen molar-refractivity contribution in [1.82, 2.24) is 9.38 Å². The third kappa shape index (κ3) is 2.15. The van der Waals surface area contributed by atoms with Crippen LogP contribution in [0.2, 0.25) is 0 Å². The summed E-state index contributed by atoms with van der Waals surface area (Å²) in [6.07, 6.45) is 3.23. The summed E-state index contributed by atoms with van der Waals surface area (Å²) in [6.45, 7) is 0. The lowest BCUT2D eigenvalue weighted by atomic mass is 10.2. The summed E-state index contributed by atoms with van der Waals surface area (Å²) in [5.74, 6) is -1.30. The van der Waals surface area contributed by atoms with Crippen LogP contribution in [0.1, 0.15) is 9.67 Å². The first-order chi connectivity index (χ1) is 9.04. The molecule has 3 rings (SSSR count). The quantitative estimate of drug-likeness (QED) is 0.774. The maximum absolute atomic E-state index is 13.0. The lowest BCUT2D eigenvalue weighted by molar-refractivity contribution is 0.0702. The number of carboxylic acids is 1. The van der Waals surface area contributed by atoms with Crippen molar-refractivity contribution in [2.45, 2.75) is 0 Å². The Bertz CT molecular complexity index is 765. The zero-order valence-electron chi connectivity index (χ0n) is 9.30. The molecule has 0 fully saturated rings. The van der Waals surface area contributed by atoms with Crippen molar-refractivity contribution < 1.29 is 14.3 Å². The van der Waals surface area contributed by atoms with Gasteiger partial charge in [-0.15, -0.1) is 0 Å². The van der Waals surface area contributed by atoms with Crippen molar-refractivity contribution in [2.75, 3.05) is 0 Å². The van der Waals surface area contributed by atoms with Crippen LogP contribution in [-0.4, -0.2) is 20.5 Å². The number of thiazole rings is 1. The predicted octanol–water partition coefficient (Wildman–Crippen LogP) is 3.66. The molecule has 0 aliphatic carbocycles. The molecule has 1 aromatic carbocycles. The molecule has 0 bridgehead atoms. The zero-order valence-corrected chi connectivity index (χ0v) is 11.7. The van der Waals surface area contributed by atoms with Crippen molar-refractivity contribution >= 4 is 38.2 Å². The van der Waals surface area contributed by atoms with Gasteiger partial charge >= 0.3 is 5.97 Å². The summed E-state index contributed by atoms with van der Waals surface area (Å²) < 4.78 is 15.3. The fourth-order valence-electron chi connectivity index (χ4n) is 1.72. The van der Waals surface area contributed by atoms with E-state index in [2.05, 4.69) is 20.9 Å². The highest BCUT2D eigenvalue weighted by Crippen LogP contribution is 2.30. The summed E-state index contributed by atoms with van der Waals surface area (Å²) in [5, 5.41) is 8.89. The molecule has 0 amide bonds. The number of aromatic nitrogens is 2. The Balaban J connectivity index is 2.10. The number of fused-ring (bicyclic) bond motifs is 1. The molecule has 0 unspecified atom stereocenters. The number of rotatable bonds is 2. The molecule has 96 valence electrons. The summed E-state index contributed by atoms with van der Waals surface area (Å²) >= 11 is 4.38. The molecular formula is C12H6BrFN2O2S. The highest BCUT2D eigenvalue weighted by Gasteiger charge is 2.13. The van der Waals surface area contributed by atoms with Gasteiger partial charge in [-0.05, 0) is 34.1 Å². The van der Waals surface area contributed by atoms with Crippen molar-refractivity contribution in [1.29, 1.82) is 0 Å². The third-order valence-corrected chi connectivity index (χ3v) is 4.21. The van der Waals surface area contributed by atoms with Gasteiger partial charge in [-0.1, -0.05) is 11.3 Å². The molecule has 2 heterocycles. The SMILES string of the molecule is O=C(O)c1cn2cc(-c3ccc(F)cc3Br)nc2s1. The van der Waals surface area contributed by atoms with E-state index in [1.807, 2.05) is 0 Å². The molecule has 0 saturated heterocycles. The van der Waals surface area contributed by atoms with Crippen LogP contribution in [-0.2, 0) is 0 Å². The summed E-state index contributed by atoms with van der Waals surface area (Å²) in [6, 6.07) is 4.35. The average molecular weight is 341 g/mol. The van der Waals surface area contributed by atoms with E-state index in [1.54, 1.807) is 16.7 Å². The lowest BCUT2D eigenvalue weighted by Crippen LogP contribution is -1.90. The Morgan fingerprint density at radius 1 is 1.42 bits per heavy atom. The standard InChI is InChI=1S/C12H6BrFN2O2S/c13-8-3-6(14)1-2-7(8)9-4-16-5-10(11(17)18)19-12(16)15-9/h1-5H,(H,17,18). The van der Waals surface area contributed by atoms with Gasteiger partial charge in [0.1, 0.15) is 10.7 Å². The van der Waals surface area contributed by atoms with Crippen LogP contribution in [0.5, 0.6) is 0 Å². The monoisotopic (exact) mass is 340 g/mol. The van der Waals surface area contributed by atoms with Gasteiger partial charge in [0.05, 0.1) is 5.69 Å². The Kier molecular flexibility index (Phi) is 2.87. The molecular weight excluding hydrogens is 335 g/mol. The molecule has 2 aromatic heterocycles. The summed E-state index contributed by atoms with van der Waals surface area (Å²) in [7, 11) is 0. The number of benzene rings is 1. The lowest BCUT2D eigenvalue weighted by Gasteiger charge is -1.99. The second kappa shape index (κ2) is 4.43. The van der Waals surface area contributed by atoms with Crippen molar-refractivity contribution in [3.05, 3.63) is 45.8 Å². The molecule has 3 aromatic rings. The maximum Gasteiger partial charge on any atom is 0.347 e. The largest absolute Gasteiger partial charge is 0.477 e. The van der Waals surface area contributed by atoms with Crippen LogP contribution >= 0.6 is 27.3 Å². The van der Waals surface area contributed by atoms with Gasteiger partial charge in [0.25, 0.3) is 0 Å². The average Bonchev–Trinajstić information content (AvgIpc) is 2.86. The number of halogens is 2. The highest BCUT2D eigenvalue weighted by atomic mass is 79.9. The number of imidazole rings is 1. The summed E-state index contributed by atoms with van der Waals surface area (Å²) in [4.78, 5) is 16.0. The van der Waals surface area contributed by atoms with Gasteiger partial charge in [0.15, 0.2) is 4.96 Å². The van der Waals surface area contributed by atoms with E-state index in [4.69, 9.17) is 5.11 Å². The van der Waals surface area contributed by atoms with Gasteiger partial charge in [-0.25, -0.2) is 14.2 Å². The first kappa shape index (κ1) is 12.3. The van der Waals surface area contributed by atoms with Crippen molar-refractivity contribution in [3.8, 4) is 11.3 Å². The second-order valence-corrected chi connectivity index (χ2v) is 5.70. The van der Waals surface area contributed by atoms with Gasteiger partial charge in [0.2, 0.25) is 0 Å². The van der Waals surface area contributed by atoms with E-state index in [0.717, 1.165) is 16.9 Å². The van der Waals surface area contributed by atoms with Gasteiger partial charge in [-0.3, -0.25) is 4.40 Å². The predicted molar refractivity (Wildman–Crippen MR) is 73.1 cm³/mol. The molecule has 19 heavy (non-hydrogen) atoms. The molecule has 0 aliphatic heterocycles. The first-order valence-electron chi connectivity index (χ1n) is 5.22. The summed E-state index contributed by atoms with van der Waals surface area (Å²) in [5.41, 5.74) is 1.42. The molecule has 4 nitrogen and oxygen atoms in total. The van der Waals surface area contributed by atoms with Crippen LogP contribution in [0.25, 0.3) is 16.2 Å². The molecule has 0 radical (unpaired) electrons. The minimum Gasteiger partial charge on any atom is -0.477 e. The smallest absolute Gasteiger partial charge is 0.347 e. The van der Waals surface area contributed by atoms with Crippen LogP contribution in [0.4, 0.5) is 4.39 Å². The normalized spacial score (nSPS) is 11.1. The Labute approximate surface area is 119 Å². The molecule has 1 N–H and O–H groups in total. The fourth-order valence-corrected chi connectivity index (χ4v) is 3.08. The number of aromatic carboxylic acids is 1. The minimum absolute atomic E-state index is 0.229. The number of carboxylic acid groups (broad SMARTS) is 1. The molecule has 0 spiro atoms. The fraction of sp³-hybridized carbons (Fsp3) is 0. The molecule has 0 atom stereocenters. The van der Waals surface area contributed by atoms with E-state index in [9.17, 15) is 9.18 Å². The molecule has 0 saturated carbocycles. The van der Waals surface area contributed by atoms with E-state index in [0.29, 0.717) is 15.1 Å². The molecule has 7 heteroatoms. The van der Waals surface area contributed by atoms with Crippen LogP contribution in [0.15, 0.2) is 35.1 Å². The van der Waals surface area contributed by atoms with Gasteiger partial charge in [0, 0.05) is 22.4 Å². The topological polar surface area (TPSA) is 54.6 Å². The van der Waals surface area contributed by atoms with Crippen LogP contribution in [0, 0.1) is 5.82 Å². The van der Waals surface area contributed by atoms with E-state index >= 15 is 0 Å². The number of hydrogen-bond donors (Lipinski definition) is 1. The number of hydrogen-bond acceptors (Lipinski definition) is 3. The van der Waals surface area contributed by atoms with Crippen molar-refractivity contribution in [3.63, 3.8) is 0 Å². The first-order valence-corrected chi connectivity index (χ1v) is 6.83. The Morgan fingerprint density at radius 2 is 2.21 bits per heavy atom. The van der Waals surface area contributed by atoms with Gasteiger partial charge in [-0.2, -0.15) is 0 Å². The second-order valence-electron chi connectivity index (χ2n) is 3.84. The van der Waals surface area contributed by atoms with E-state index < -0.39 is 5.97 Å². The van der Waals surface area contributed by atoms with Gasteiger partial charge < -0.3 is 5.11 Å².